The lowest BCUT2D eigenvalue weighted by Crippen LogP contribution is -2.16. The molecule has 0 saturated carbocycles. The molecule has 10 aromatic rings. The maximum atomic E-state index is 16.2. The van der Waals surface area contributed by atoms with Gasteiger partial charge in [-0.15, -0.1) is 0 Å². The number of alkyl halides is 3. The van der Waals surface area contributed by atoms with Gasteiger partial charge >= 0.3 is 6.18 Å². The third-order valence-corrected chi connectivity index (χ3v) is 10.7. The van der Waals surface area contributed by atoms with Crippen LogP contribution in [0.4, 0.5) is 22.0 Å². The highest BCUT2D eigenvalue weighted by atomic mass is 19.4. The largest absolute Gasteiger partial charge is 0.420 e. The molecular formula is C49H29F5N2. The normalized spacial score (nSPS) is 12.0. The van der Waals surface area contributed by atoms with Gasteiger partial charge in [-0.05, 0) is 88.5 Å². The van der Waals surface area contributed by atoms with Gasteiger partial charge in [0.2, 0.25) is 0 Å². The van der Waals surface area contributed by atoms with Gasteiger partial charge in [-0.25, -0.2) is 8.78 Å². The number of halogens is 5. The monoisotopic (exact) mass is 740 g/mol. The molecule has 0 saturated heterocycles. The quantitative estimate of drug-likeness (QED) is 0.156. The van der Waals surface area contributed by atoms with Gasteiger partial charge in [0.15, 0.2) is 0 Å². The third kappa shape index (κ3) is 5.38. The van der Waals surface area contributed by atoms with Gasteiger partial charge in [0, 0.05) is 33.2 Å². The summed E-state index contributed by atoms with van der Waals surface area (Å²) in [4.78, 5) is 0. The van der Waals surface area contributed by atoms with Crippen molar-refractivity contribution < 1.29 is 22.0 Å². The average Bonchev–Trinajstić information content (AvgIpc) is 3.73. The summed E-state index contributed by atoms with van der Waals surface area (Å²) >= 11 is 0. The first-order chi connectivity index (χ1) is 27.2. The van der Waals surface area contributed by atoms with E-state index in [1.807, 2.05) is 121 Å². The zero-order valence-electron chi connectivity index (χ0n) is 29.5. The Kier molecular flexibility index (Phi) is 7.68. The molecule has 0 aliphatic rings. The van der Waals surface area contributed by atoms with E-state index in [0.717, 1.165) is 55.9 Å². The summed E-state index contributed by atoms with van der Waals surface area (Å²) in [7, 11) is 0. The van der Waals surface area contributed by atoms with Crippen LogP contribution >= 0.6 is 0 Å². The predicted octanol–water partition coefficient (Wildman–Crippen LogP) is 14.2. The Bertz CT molecular complexity index is 2960. The summed E-state index contributed by atoms with van der Waals surface area (Å²) in [5, 5.41) is 3.05. The Labute approximate surface area is 317 Å². The summed E-state index contributed by atoms with van der Waals surface area (Å²) in [5.74, 6) is -1.67. The Balaban J connectivity index is 1.35. The topological polar surface area (TPSA) is 9.86 Å². The fraction of sp³-hybridized carbons (Fsp3) is 0.0204. The van der Waals surface area contributed by atoms with Crippen LogP contribution in [-0.2, 0) is 6.18 Å². The number of hydrogen-bond acceptors (Lipinski definition) is 0. The first-order valence-electron chi connectivity index (χ1n) is 18.1. The summed E-state index contributed by atoms with van der Waals surface area (Å²) in [6.45, 7) is 0. The number of benzene rings is 8. The van der Waals surface area contributed by atoms with E-state index in [1.165, 1.54) is 18.2 Å². The van der Waals surface area contributed by atoms with Crippen LogP contribution in [0.1, 0.15) is 5.56 Å². The SMILES string of the molecule is Fc1ccc(-c2cc(-n3c4ccccc4c4cc(-c5ccccc5)ccc43)c(C(F)(F)F)c(-n3c4ccccc4c4cc(-c5ccccc5)ccc43)c2)c(F)c1. The average molecular weight is 741 g/mol. The molecule has 270 valence electrons. The van der Waals surface area contributed by atoms with Crippen molar-refractivity contribution >= 4 is 43.6 Å². The van der Waals surface area contributed by atoms with E-state index in [1.54, 1.807) is 33.4 Å². The lowest BCUT2D eigenvalue weighted by atomic mass is 9.98. The van der Waals surface area contributed by atoms with Crippen molar-refractivity contribution in [2.75, 3.05) is 0 Å². The molecule has 0 spiro atoms. The molecule has 0 bridgehead atoms. The molecule has 2 aromatic heterocycles. The van der Waals surface area contributed by atoms with E-state index >= 15 is 17.6 Å². The maximum Gasteiger partial charge on any atom is 0.420 e. The van der Waals surface area contributed by atoms with Crippen LogP contribution in [-0.4, -0.2) is 9.13 Å². The maximum absolute atomic E-state index is 16.2. The Morgan fingerprint density at radius 1 is 0.357 bits per heavy atom. The van der Waals surface area contributed by atoms with Gasteiger partial charge < -0.3 is 9.13 Å². The first-order valence-corrected chi connectivity index (χ1v) is 18.1. The number of rotatable bonds is 5. The van der Waals surface area contributed by atoms with E-state index in [2.05, 4.69) is 0 Å². The second kappa shape index (κ2) is 12.8. The van der Waals surface area contributed by atoms with Crippen LogP contribution in [0.25, 0.3) is 88.4 Å². The molecule has 7 heteroatoms. The molecule has 2 heterocycles. The molecule has 0 N–H and O–H groups in total. The van der Waals surface area contributed by atoms with E-state index in [-0.39, 0.29) is 22.5 Å². The number of aromatic nitrogens is 2. The summed E-state index contributed by atoms with van der Waals surface area (Å²) in [6, 6.07) is 51.7. The van der Waals surface area contributed by atoms with Crippen LogP contribution in [0.2, 0.25) is 0 Å². The minimum Gasteiger partial charge on any atom is -0.309 e. The molecule has 0 aliphatic carbocycles. The van der Waals surface area contributed by atoms with Crippen molar-refractivity contribution in [2.45, 2.75) is 6.18 Å². The van der Waals surface area contributed by atoms with Gasteiger partial charge in [0.05, 0.1) is 33.4 Å². The molecule has 10 rings (SSSR count). The molecule has 8 aromatic carbocycles. The molecule has 0 amide bonds. The van der Waals surface area contributed by atoms with Crippen LogP contribution in [0.3, 0.4) is 0 Å². The first kappa shape index (κ1) is 33.6. The van der Waals surface area contributed by atoms with E-state index in [0.29, 0.717) is 22.1 Å². The van der Waals surface area contributed by atoms with E-state index in [4.69, 9.17) is 0 Å². The van der Waals surface area contributed by atoms with Crippen LogP contribution in [0.5, 0.6) is 0 Å². The summed E-state index contributed by atoms with van der Waals surface area (Å²) in [5.41, 5.74) is 4.86. The zero-order valence-corrected chi connectivity index (χ0v) is 29.5. The molecule has 0 radical (unpaired) electrons. The highest BCUT2D eigenvalue weighted by molar-refractivity contribution is 6.12. The van der Waals surface area contributed by atoms with Crippen LogP contribution in [0, 0.1) is 11.6 Å². The summed E-state index contributed by atoms with van der Waals surface area (Å²) < 4.78 is 81.9. The van der Waals surface area contributed by atoms with Gasteiger partial charge in [-0.2, -0.15) is 13.2 Å². The Morgan fingerprint density at radius 2 is 0.804 bits per heavy atom. The van der Waals surface area contributed by atoms with Gasteiger partial charge in [0.1, 0.15) is 17.2 Å². The highest BCUT2D eigenvalue weighted by Gasteiger charge is 2.39. The van der Waals surface area contributed by atoms with Crippen molar-refractivity contribution in [3.63, 3.8) is 0 Å². The molecule has 0 aliphatic heterocycles. The molecule has 0 fully saturated rings. The van der Waals surface area contributed by atoms with Crippen LogP contribution in [0.15, 0.2) is 176 Å². The lowest BCUT2D eigenvalue weighted by Gasteiger charge is -2.23. The standard InChI is InChI=1S/C49H29F5N2/c50-35-21-22-36(41(51)29-35)34-27-46(55-42-17-9-7-15-37(42)39-25-32(19-23-44(39)55)30-11-3-1-4-12-30)48(49(52,53)54)47(28-34)56-43-18-10-8-16-38(43)40-26-33(20-24-45(40)56)31-13-5-2-6-14-31/h1-29H. The highest BCUT2D eigenvalue weighted by Crippen LogP contribution is 2.47. The van der Waals surface area contributed by atoms with Crippen molar-refractivity contribution in [2.24, 2.45) is 0 Å². The fourth-order valence-electron chi connectivity index (χ4n) is 8.22. The van der Waals surface area contributed by atoms with Crippen molar-refractivity contribution in [1.82, 2.24) is 9.13 Å². The second-order valence-electron chi connectivity index (χ2n) is 13.9. The molecule has 0 atom stereocenters. The Hall–Kier alpha value is -6.99. The van der Waals surface area contributed by atoms with Gasteiger partial charge in [-0.1, -0.05) is 109 Å². The molecule has 2 nitrogen and oxygen atoms in total. The number of fused-ring (bicyclic) bond motifs is 6. The third-order valence-electron chi connectivity index (χ3n) is 10.7. The summed E-state index contributed by atoms with van der Waals surface area (Å²) in [6.07, 6.45) is -4.88. The molecule has 56 heavy (non-hydrogen) atoms. The lowest BCUT2D eigenvalue weighted by molar-refractivity contribution is -0.137. The van der Waals surface area contributed by atoms with Gasteiger partial charge in [-0.3, -0.25) is 0 Å². The van der Waals surface area contributed by atoms with Gasteiger partial charge in [0.25, 0.3) is 0 Å². The van der Waals surface area contributed by atoms with Crippen molar-refractivity contribution in [3.05, 3.63) is 193 Å². The molecular weight excluding hydrogens is 712 g/mol. The van der Waals surface area contributed by atoms with Crippen molar-refractivity contribution in [1.29, 1.82) is 0 Å². The smallest absolute Gasteiger partial charge is 0.309 e. The van der Waals surface area contributed by atoms with Crippen molar-refractivity contribution in [3.8, 4) is 44.8 Å². The fourth-order valence-corrected chi connectivity index (χ4v) is 8.22. The minimum atomic E-state index is -4.88. The second-order valence-corrected chi connectivity index (χ2v) is 13.9. The van der Waals surface area contributed by atoms with Crippen LogP contribution < -0.4 is 0 Å². The molecule has 0 unspecified atom stereocenters. The number of para-hydroxylation sites is 2. The predicted molar refractivity (Wildman–Crippen MR) is 216 cm³/mol. The minimum absolute atomic E-state index is 0.0260. The van der Waals surface area contributed by atoms with E-state index < -0.39 is 23.4 Å². The Morgan fingerprint density at radius 3 is 1.27 bits per heavy atom. The number of nitrogens with zero attached hydrogens (tertiary/aromatic N) is 2. The zero-order chi connectivity index (χ0) is 38.1. The number of hydrogen-bond donors (Lipinski definition) is 0. The van der Waals surface area contributed by atoms with E-state index in [9.17, 15) is 4.39 Å².